The molecule has 0 radical (unpaired) electrons. The van der Waals surface area contributed by atoms with Crippen LogP contribution in [0.25, 0.3) is 0 Å². The van der Waals surface area contributed by atoms with Gasteiger partial charge in [-0.15, -0.1) is 0 Å². The smallest absolute Gasteiger partial charge is 0.125 e. The van der Waals surface area contributed by atoms with Crippen LogP contribution in [0.3, 0.4) is 0 Å². The Morgan fingerprint density at radius 3 is 2.71 bits per heavy atom. The molecule has 3 rings (SSSR count). The van der Waals surface area contributed by atoms with Gasteiger partial charge in [-0.25, -0.2) is 4.39 Å². The molecule has 1 heterocycles. The summed E-state index contributed by atoms with van der Waals surface area (Å²) in [5.41, 5.74) is 6.58. The molecule has 1 aromatic carbocycles. The van der Waals surface area contributed by atoms with Gasteiger partial charge in [0, 0.05) is 17.5 Å². The number of halogens is 1. The quantitative estimate of drug-likeness (QED) is 0.750. The van der Waals surface area contributed by atoms with Gasteiger partial charge in [-0.05, 0) is 50.8 Å². The second kappa shape index (κ2) is 3.45. The van der Waals surface area contributed by atoms with Crippen molar-refractivity contribution in [2.75, 3.05) is 0 Å². The second-order valence-electron chi connectivity index (χ2n) is 5.73. The summed E-state index contributed by atoms with van der Waals surface area (Å²) in [7, 11) is 0. The van der Waals surface area contributed by atoms with E-state index >= 15 is 0 Å². The number of hydrogen-bond donors (Lipinski definition) is 1. The van der Waals surface area contributed by atoms with E-state index in [0.717, 1.165) is 30.6 Å². The molecule has 2 nitrogen and oxygen atoms in total. The highest BCUT2D eigenvalue weighted by Crippen LogP contribution is 2.48. The molecular formula is C14H18FNO. The Morgan fingerprint density at radius 2 is 2.00 bits per heavy atom. The maximum atomic E-state index is 13.3. The molecule has 1 aromatic rings. The number of nitrogens with two attached hydrogens (primary N) is 1. The molecule has 1 unspecified atom stereocenters. The van der Waals surface area contributed by atoms with Crippen molar-refractivity contribution in [1.82, 2.24) is 0 Å². The molecule has 2 N–H and O–H groups in total. The van der Waals surface area contributed by atoms with Gasteiger partial charge < -0.3 is 10.5 Å². The fourth-order valence-electron chi connectivity index (χ4n) is 3.37. The maximum Gasteiger partial charge on any atom is 0.125 e. The second-order valence-corrected chi connectivity index (χ2v) is 5.73. The standard InChI is InChI=1S/C14H18FNO/c1-13(16)9-14(6-2-3-7-14)17-12-5-4-10(15)8-11(12)13/h4-5,8H,2-3,6-7,9,16H2,1H3. The monoisotopic (exact) mass is 235 g/mol. The van der Waals surface area contributed by atoms with Crippen LogP contribution in [0.1, 0.15) is 44.6 Å². The third-order valence-electron chi connectivity index (χ3n) is 4.09. The van der Waals surface area contributed by atoms with Crippen LogP contribution in [0.5, 0.6) is 5.75 Å². The topological polar surface area (TPSA) is 35.2 Å². The first-order chi connectivity index (χ1) is 8.01. The summed E-state index contributed by atoms with van der Waals surface area (Å²) in [6.45, 7) is 1.98. The van der Waals surface area contributed by atoms with E-state index in [0.29, 0.717) is 0 Å². The van der Waals surface area contributed by atoms with Gasteiger partial charge in [0.2, 0.25) is 0 Å². The van der Waals surface area contributed by atoms with Gasteiger partial charge in [0.25, 0.3) is 0 Å². The zero-order valence-corrected chi connectivity index (χ0v) is 10.1. The summed E-state index contributed by atoms with van der Waals surface area (Å²) in [5, 5.41) is 0. The van der Waals surface area contributed by atoms with Crippen molar-refractivity contribution < 1.29 is 9.13 Å². The number of ether oxygens (including phenoxy) is 1. The maximum absolute atomic E-state index is 13.3. The highest BCUT2D eigenvalue weighted by atomic mass is 19.1. The molecule has 1 atom stereocenters. The Hall–Kier alpha value is -1.09. The predicted molar refractivity (Wildman–Crippen MR) is 64.4 cm³/mol. The third-order valence-corrected chi connectivity index (χ3v) is 4.09. The molecule has 1 aliphatic heterocycles. The van der Waals surface area contributed by atoms with Crippen LogP contribution in [0.2, 0.25) is 0 Å². The van der Waals surface area contributed by atoms with Crippen molar-refractivity contribution in [2.45, 2.75) is 50.2 Å². The molecule has 17 heavy (non-hydrogen) atoms. The van der Waals surface area contributed by atoms with Crippen molar-refractivity contribution in [1.29, 1.82) is 0 Å². The molecule has 1 saturated carbocycles. The first-order valence-electron chi connectivity index (χ1n) is 6.29. The molecule has 1 aliphatic carbocycles. The van der Waals surface area contributed by atoms with E-state index in [-0.39, 0.29) is 11.4 Å². The van der Waals surface area contributed by atoms with E-state index in [1.54, 1.807) is 6.07 Å². The Bertz CT molecular complexity index is 450. The van der Waals surface area contributed by atoms with Crippen molar-refractivity contribution >= 4 is 0 Å². The Balaban J connectivity index is 2.07. The number of rotatable bonds is 0. The first-order valence-corrected chi connectivity index (χ1v) is 6.29. The van der Waals surface area contributed by atoms with Crippen molar-refractivity contribution in [2.24, 2.45) is 5.73 Å². The van der Waals surface area contributed by atoms with Gasteiger partial charge in [-0.1, -0.05) is 0 Å². The Morgan fingerprint density at radius 1 is 1.29 bits per heavy atom. The summed E-state index contributed by atoms with van der Waals surface area (Å²) >= 11 is 0. The average Bonchev–Trinajstić information content (AvgIpc) is 2.67. The van der Waals surface area contributed by atoms with Crippen molar-refractivity contribution in [3.05, 3.63) is 29.6 Å². The van der Waals surface area contributed by atoms with E-state index in [1.165, 1.54) is 25.0 Å². The van der Waals surface area contributed by atoms with Gasteiger partial charge in [-0.3, -0.25) is 0 Å². The van der Waals surface area contributed by atoms with Gasteiger partial charge in [-0.2, -0.15) is 0 Å². The van der Waals surface area contributed by atoms with Crippen LogP contribution in [0.4, 0.5) is 4.39 Å². The number of hydrogen-bond acceptors (Lipinski definition) is 2. The lowest BCUT2D eigenvalue weighted by atomic mass is 9.77. The van der Waals surface area contributed by atoms with E-state index in [1.807, 2.05) is 6.92 Å². The molecule has 0 amide bonds. The molecule has 3 heteroatoms. The molecule has 1 spiro atoms. The number of fused-ring (bicyclic) bond motifs is 1. The predicted octanol–water partition coefficient (Wildman–Crippen LogP) is 3.09. The molecular weight excluding hydrogens is 217 g/mol. The number of benzene rings is 1. The lowest BCUT2D eigenvalue weighted by molar-refractivity contribution is 0.0222. The fourth-order valence-corrected chi connectivity index (χ4v) is 3.37. The lowest BCUT2D eigenvalue weighted by Crippen LogP contribution is -2.49. The van der Waals surface area contributed by atoms with E-state index in [4.69, 9.17) is 10.5 Å². The minimum absolute atomic E-state index is 0.103. The molecule has 0 aromatic heterocycles. The van der Waals surface area contributed by atoms with Crippen LogP contribution in [-0.2, 0) is 5.54 Å². The average molecular weight is 235 g/mol. The van der Waals surface area contributed by atoms with Gasteiger partial charge in [0.05, 0.1) is 0 Å². The summed E-state index contributed by atoms with van der Waals surface area (Å²) in [4.78, 5) is 0. The van der Waals surface area contributed by atoms with Gasteiger partial charge >= 0.3 is 0 Å². The van der Waals surface area contributed by atoms with E-state index < -0.39 is 5.54 Å². The SMILES string of the molecule is CC1(N)CC2(CCCC2)Oc2ccc(F)cc21. The van der Waals surface area contributed by atoms with Crippen LogP contribution in [0, 0.1) is 5.82 Å². The Labute approximate surface area is 101 Å². The first kappa shape index (κ1) is 11.0. The molecule has 92 valence electrons. The molecule has 0 saturated heterocycles. The zero-order valence-electron chi connectivity index (χ0n) is 10.1. The van der Waals surface area contributed by atoms with Crippen LogP contribution in [0.15, 0.2) is 18.2 Å². The minimum Gasteiger partial charge on any atom is -0.487 e. The van der Waals surface area contributed by atoms with Crippen LogP contribution >= 0.6 is 0 Å². The summed E-state index contributed by atoms with van der Waals surface area (Å²) in [5.74, 6) is 0.524. The van der Waals surface area contributed by atoms with Gasteiger partial charge in [0.15, 0.2) is 0 Å². The lowest BCUT2D eigenvalue weighted by Gasteiger charge is -2.44. The van der Waals surface area contributed by atoms with Crippen LogP contribution < -0.4 is 10.5 Å². The zero-order chi connectivity index (χ0) is 12.1. The minimum atomic E-state index is -0.486. The van der Waals surface area contributed by atoms with Gasteiger partial charge in [0.1, 0.15) is 17.2 Å². The Kier molecular flexibility index (Phi) is 2.24. The highest BCUT2D eigenvalue weighted by molar-refractivity contribution is 5.42. The summed E-state index contributed by atoms with van der Waals surface area (Å²) in [6, 6.07) is 4.68. The van der Waals surface area contributed by atoms with E-state index in [2.05, 4.69) is 0 Å². The molecule has 1 fully saturated rings. The third kappa shape index (κ3) is 1.73. The van der Waals surface area contributed by atoms with Crippen molar-refractivity contribution in [3.8, 4) is 5.75 Å². The highest BCUT2D eigenvalue weighted by Gasteiger charge is 2.46. The summed E-state index contributed by atoms with van der Waals surface area (Å²) < 4.78 is 19.4. The largest absolute Gasteiger partial charge is 0.487 e. The molecule has 0 bridgehead atoms. The van der Waals surface area contributed by atoms with Crippen LogP contribution in [-0.4, -0.2) is 5.60 Å². The van der Waals surface area contributed by atoms with E-state index in [9.17, 15) is 4.39 Å². The normalized spacial score (nSPS) is 30.1. The summed E-state index contributed by atoms with van der Waals surface area (Å²) in [6.07, 6.45) is 5.32. The fraction of sp³-hybridized carbons (Fsp3) is 0.571. The molecule has 2 aliphatic rings. The van der Waals surface area contributed by atoms with Crippen molar-refractivity contribution in [3.63, 3.8) is 0 Å².